The molecule has 0 saturated heterocycles. The van der Waals surface area contributed by atoms with E-state index >= 15 is 0 Å². The van der Waals surface area contributed by atoms with Crippen LogP contribution in [0.25, 0.3) is 11.1 Å². The average Bonchev–Trinajstić information content (AvgIpc) is 2.87. The second-order valence-electron chi connectivity index (χ2n) is 4.21. The number of carbonyl (C=O) groups is 2. The Morgan fingerprint density at radius 1 is 1.38 bits per heavy atom. The Bertz CT molecular complexity index is 609. The van der Waals surface area contributed by atoms with E-state index in [9.17, 15) is 9.59 Å². The SMILES string of the molecule is O=C(CSc1nc2ccccc2o1)NC(CCO)C(=O)O. The van der Waals surface area contributed by atoms with Crippen molar-refractivity contribution in [2.24, 2.45) is 0 Å². The molecule has 3 N–H and O–H groups in total. The number of hydrogen-bond donors (Lipinski definition) is 3. The molecule has 0 aliphatic carbocycles. The predicted octanol–water partition coefficient (Wildman–Crippen LogP) is 0.872. The van der Waals surface area contributed by atoms with Crippen molar-refractivity contribution in [2.75, 3.05) is 12.4 Å². The molecule has 8 heteroatoms. The number of amides is 1. The van der Waals surface area contributed by atoms with Gasteiger partial charge in [-0.3, -0.25) is 4.79 Å². The van der Waals surface area contributed by atoms with E-state index in [1.807, 2.05) is 12.1 Å². The fourth-order valence-corrected chi connectivity index (χ4v) is 2.31. The van der Waals surface area contributed by atoms with Gasteiger partial charge >= 0.3 is 5.97 Å². The van der Waals surface area contributed by atoms with Gasteiger partial charge in [-0.15, -0.1) is 0 Å². The summed E-state index contributed by atoms with van der Waals surface area (Å²) in [5, 5.41) is 20.3. The van der Waals surface area contributed by atoms with Crippen molar-refractivity contribution in [3.05, 3.63) is 24.3 Å². The summed E-state index contributed by atoms with van der Waals surface area (Å²) < 4.78 is 5.43. The average molecular weight is 310 g/mol. The summed E-state index contributed by atoms with van der Waals surface area (Å²) in [5.41, 5.74) is 1.33. The van der Waals surface area contributed by atoms with Crippen LogP contribution < -0.4 is 5.32 Å². The summed E-state index contributed by atoms with van der Waals surface area (Å²) in [5.74, 6) is -1.64. The highest BCUT2D eigenvalue weighted by Crippen LogP contribution is 2.22. The first-order valence-corrected chi connectivity index (χ1v) is 7.20. The fraction of sp³-hybridized carbons (Fsp3) is 0.308. The maximum absolute atomic E-state index is 11.7. The molecule has 1 aromatic heterocycles. The van der Waals surface area contributed by atoms with E-state index in [0.717, 1.165) is 11.8 Å². The number of aliphatic carboxylic acids is 1. The molecule has 1 heterocycles. The highest BCUT2D eigenvalue weighted by Gasteiger charge is 2.19. The Labute approximate surface area is 124 Å². The number of thioether (sulfide) groups is 1. The van der Waals surface area contributed by atoms with Crippen molar-refractivity contribution in [1.82, 2.24) is 10.3 Å². The second kappa shape index (κ2) is 7.09. The van der Waals surface area contributed by atoms with Crippen molar-refractivity contribution in [2.45, 2.75) is 17.7 Å². The number of fused-ring (bicyclic) bond motifs is 1. The summed E-state index contributed by atoms with van der Waals surface area (Å²) in [6.07, 6.45) is -0.0331. The molecule has 1 amide bonds. The molecular weight excluding hydrogens is 296 g/mol. The summed E-state index contributed by atoms with van der Waals surface area (Å²) in [4.78, 5) is 26.7. The number of carboxylic acid groups (broad SMARTS) is 1. The molecule has 2 aromatic rings. The third kappa shape index (κ3) is 4.20. The van der Waals surface area contributed by atoms with E-state index in [1.165, 1.54) is 0 Å². The van der Waals surface area contributed by atoms with Crippen molar-refractivity contribution >= 4 is 34.7 Å². The summed E-state index contributed by atoms with van der Waals surface area (Å²) >= 11 is 1.08. The van der Waals surface area contributed by atoms with Gasteiger partial charge in [0.2, 0.25) is 5.91 Å². The van der Waals surface area contributed by atoms with Crippen LogP contribution in [0.5, 0.6) is 0 Å². The number of carboxylic acids is 1. The van der Waals surface area contributed by atoms with Gasteiger partial charge in [-0.05, 0) is 12.1 Å². The molecule has 0 saturated carbocycles. The zero-order chi connectivity index (χ0) is 15.2. The van der Waals surface area contributed by atoms with Crippen LogP contribution in [0.2, 0.25) is 0 Å². The van der Waals surface area contributed by atoms with Crippen molar-refractivity contribution in [1.29, 1.82) is 0 Å². The number of aliphatic hydroxyl groups is 1. The van der Waals surface area contributed by atoms with Crippen LogP contribution in [-0.4, -0.2) is 45.5 Å². The number of para-hydroxylation sites is 2. The van der Waals surface area contributed by atoms with Crippen molar-refractivity contribution in [3.63, 3.8) is 0 Å². The molecule has 2 rings (SSSR count). The van der Waals surface area contributed by atoms with Crippen LogP contribution >= 0.6 is 11.8 Å². The lowest BCUT2D eigenvalue weighted by Gasteiger charge is -2.12. The predicted molar refractivity (Wildman–Crippen MR) is 76.0 cm³/mol. The topological polar surface area (TPSA) is 113 Å². The fourth-order valence-electron chi connectivity index (χ4n) is 1.66. The lowest BCUT2D eigenvalue weighted by atomic mass is 10.2. The first kappa shape index (κ1) is 15.3. The van der Waals surface area contributed by atoms with E-state index in [0.29, 0.717) is 16.3 Å². The number of carbonyl (C=O) groups excluding carboxylic acids is 1. The molecule has 112 valence electrons. The normalized spacial score (nSPS) is 12.2. The highest BCUT2D eigenvalue weighted by atomic mass is 32.2. The molecule has 1 unspecified atom stereocenters. The largest absolute Gasteiger partial charge is 0.480 e. The molecule has 21 heavy (non-hydrogen) atoms. The monoisotopic (exact) mass is 310 g/mol. The number of hydrogen-bond acceptors (Lipinski definition) is 6. The Kier molecular flexibility index (Phi) is 5.18. The maximum Gasteiger partial charge on any atom is 0.326 e. The van der Waals surface area contributed by atoms with E-state index in [2.05, 4.69) is 10.3 Å². The molecule has 0 spiro atoms. The number of nitrogens with zero attached hydrogens (tertiary/aromatic N) is 1. The van der Waals surface area contributed by atoms with E-state index in [-0.39, 0.29) is 18.8 Å². The Hall–Kier alpha value is -2.06. The third-order valence-corrected chi connectivity index (χ3v) is 3.48. The summed E-state index contributed by atoms with van der Waals surface area (Å²) in [6.45, 7) is -0.310. The lowest BCUT2D eigenvalue weighted by Crippen LogP contribution is -2.42. The molecule has 0 bridgehead atoms. The van der Waals surface area contributed by atoms with Crippen LogP contribution in [0, 0.1) is 0 Å². The molecule has 0 fully saturated rings. The zero-order valence-corrected chi connectivity index (χ0v) is 11.8. The van der Waals surface area contributed by atoms with Crippen molar-refractivity contribution < 1.29 is 24.2 Å². The van der Waals surface area contributed by atoms with Crippen molar-refractivity contribution in [3.8, 4) is 0 Å². The molecule has 0 aliphatic heterocycles. The Morgan fingerprint density at radius 2 is 2.14 bits per heavy atom. The van der Waals surface area contributed by atoms with E-state index < -0.39 is 17.9 Å². The van der Waals surface area contributed by atoms with Gasteiger partial charge in [0.15, 0.2) is 5.58 Å². The van der Waals surface area contributed by atoms with Gasteiger partial charge in [0.25, 0.3) is 5.22 Å². The number of aromatic nitrogens is 1. The van der Waals surface area contributed by atoms with Crippen LogP contribution in [0.3, 0.4) is 0 Å². The van der Waals surface area contributed by atoms with Crippen LogP contribution in [0.4, 0.5) is 0 Å². The molecule has 1 atom stereocenters. The van der Waals surface area contributed by atoms with Gasteiger partial charge in [-0.25, -0.2) is 9.78 Å². The van der Waals surface area contributed by atoms with Gasteiger partial charge in [-0.1, -0.05) is 23.9 Å². The van der Waals surface area contributed by atoms with Gasteiger partial charge in [0.1, 0.15) is 11.6 Å². The van der Waals surface area contributed by atoms with Gasteiger partial charge in [-0.2, -0.15) is 0 Å². The quantitative estimate of drug-likeness (QED) is 0.650. The number of rotatable bonds is 7. The Balaban J connectivity index is 1.89. The van der Waals surface area contributed by atoms with Gasteiger partial charge in [0.05, 0.1) is 5.75 Å². The van der Waals surface area contributed by atoms with Crippen LogP contribution in [-0.2, 0) is 9.59 Å². The standard InChI is InChI=1S/C13H14N2O5S/c16-6-5-9(12(18)19)14-11(17)7-21-13-15-8-3-1-2-4-10(8)20-13/h1-4,9,16H,5-7H2,(H,14,17)(H,18,19). The number of aliphatic hydroxyl groups excluding tert-OH is 1. The molecule has 1 aromatic carbocycles. The zero-order valence-electron chi connectivity index (χ0n) is 11.0. The first-order chi connectivity index (χ1) is 10.1. The smallest absolute Gasteiger partial charge is 0.326 e. The molecule has 7 nitrogen and oxygen atoms in total. The van der Waals surface area contributed by atoms with Crippen LogP contribution in [0.15, 0.2) is 33.9 Å². The number of oxazole rings is 1. The highest BCUT2D eigenvalue weighted by molar-refractivity contribution is 7.99. The maximum atomic E-state index is 11.7. The summed E-state index contributed by atoms with van der Waals surface area (Å²) in [7, 11) is 0. The van der Waals surface area contributed by atoms with E-state index in [4.69, 9.17) is 14.6 Å². The molecule has 0 aliphatic rings. The van der Waals surface area contributed by atoms with Gasteiger partial charge in [0, 0.05) is 13.0 Å². The lowest BCUT2D eigenvalue weighted by molar-refractivity contribution is -0.141. The minimum atomic E-state index is -1.18. The third-order valence-electron chi connectivity index (χ3n) is 2.65. The van der Waals surface area contributed by atoms with E-state index in [1.54, 1.807) is 12.1 Å². The van der Waals surface area contributed by atoms with Crippen LogP contribution in [0.1, 0.15) is 6.42 Å². The minimum Gasteiger partial charge on any atom is -0.480 e. The minimum absolute atomic E-state index is 0.0119. The van der Waals surface area contributed by atoms with Gasteiger partial charge < -0.3 is 19.9 Å². The first-order valence-electron chi connectivity index (χ1n) is 6.21. The molecular formula is C13H14N2O5S. The second-order valence-corrected chi connectivity index (χ2v) is 5.13. The Morgan fingerprint density at radius 3 is 2.81 bits per heavy atom. The summed E-state index contributed by atoms with van der Waals surface area (Å²) in [6, 6.07) is 6.13. The molecule has 0 radical (unpaired) electrons. The number of benzene rings is 1. The number of nitrogens with one attached hydrogen (secondary N) is 1.